The number of hydrogen-bond donors (Lipinski definition) is 0. The first-order valence-electron chi connectivity index (χ1n) is 4.65. The van der Waals surface area contributed by atoms with E-state index >= 15 is 0 Å². The summed E-state index contributed by atoms with van der Waals surface area (Å²) in [6.45, 7) is 2.81. The second-order valence-electron chi connectivity index (χ2n) is 3.04. The van der Waals surface area contributed by atoms with Gasteiger partial charge in [-0.2, -0.15) is 0 Å². The third kappa shape index (κ3) is 3.50. The molecule has 0 atom stereocenters. The lowest BCUT2D eigenvalue weighted by Crippen LogP contribution is -1.97. The number of aldehydes is 1. The van der Waals surface area contributed by atoms with Crippen molar-refractivity contribution in [2.75, 3.05) is 6.61 Å². The van der Waals surface area contributed by atoms with E-state index in [1.807, 2.05) is 6.07 Å². The van der Waals surface area contributed by atoms with Crippen molar-refractivity contribution < 1.29 is 9.53 Å². The van der Waals surface area contributed by atoms with E-state index in [0.29, 0.717) is 12.2 Å². The minimum absolute atomic E-state index is 0.630. The van der Waals surface area contributed by atoms with Crippen LogP contribution in [0.1, 0.15) is 30.1 Å². The molecule has 1 aromatic carbocycles. The molecule has 3 heteroatoms. The monoisotopic (exact) mass is 256 g/mol. The molecular weight excluding hydrogens is 244 g/mol. The molecule has 0 heterocycles. The highest BCUT2D eigenvalue weighted by molar-refractivity contribution is 9.10. The molecule has 76 valence electrons. The van der Waals surface area contributed by atoms with Gasteiger partial charge in [-0.1, -0.05) is 29.3 Å². The Morgan fingerprint density at radius 1 is 1.43 bits per heavy atom. The number of halogens is 1. The van der Waals surface area contributed by atoms with Crippen LogP contribution >= 0.6 is 15.9 Å². The highest BCUT2D eigenvalue weighted by Crippen LogP contribution is 2.20. The van der Waals surface area contributed by atoms with Crippen LogP contribution < -0.4 is 4.74 Å². The maximum Gasteiger partial charge on any atom is 0.150 e. The van der Waals surface area contributed by atoms with Crippen molar-refractivity contribution in [2.45, 2.75) is 19.8 Å². The molecule has 0 N–H and O–H groups in total. The fraction of sp³-hybridized carbons (Fsp3) is 0.364. The summed E-state index contributed by atoms with van der Waals surface area (Å²) in [7, 11) is 0. The molecular formula is C11H13BrO2. The summed E-state index contributed by atoms with van der Waals surface area (Å²) in [6.07, 6.45) is 2.95. The zero-order valence-electron chi connectivity index (χ0n) is 8.13. The first kappa shape index (κ1) is 11.2. The van der Waals surface area contributed by atoms with Gasteiger partial charge in [0.05, 0.1) is 6.61 Å². The van der Waals surface area contributed by atoms with Crippen LogP contribution in [-0.2, 0) is 0 Å². The van der Waals surface area contributed by atoms with Crippen LogP contribution in [0, 0.1) is 0 Å². The van der Waals surface area contributed by atoms with E-state index < -0.39 is 0 Å². The Hall–Kier alpha value is -0.830. The molecule has 1 rings (SSSR count). The molecule has 14 heavy (non-hydrogen) atoms. The predicted octanol–water partition coefficient (Wildman–Crippen LogP) is 3.44. The van der Waals surface area contributed by atoms with E-state index in [1.165, 1.54) is 0 Å². The van der Waals surface area contributed by atoms with Gasteiger partial charge in [0.15, 0.2) is 0 Å². The first-order chi connectivity index (χ1) is 6.76. The van der Waals surface area contributed by atoms with Gasteiger partial charge in [0.25, 0.3) is 0 Å². The molecule has 0 spiro atoms. The average molecular weight is 257 g/mol. The van der Waals surface area contributed by atoms with Gasteiger partial charge in [0.2, 0.25) is 0 Å². The van der Waals surface area contributed by atoms with Crippen LogP contribution in [0.25, 0.3) is 0 Å². The molecule has 0 amide bonds. The van der Waals surface area contributed by atoms with Crippen molar-refractivity contribution in [1.82, 2.24) is 0 Å². The normalized spacial score (nSPS) is 9.86. The summed E-state index contributed by atoms with van der Waals surface area (Å²) in [5.74, 6) is 0.745. The lowest BCUT2D eigenvalue weighted by Gasteiger charge is -2.06. The number of ether oxygens (including phenoxy) is 1. The van der Waals surface area contributed by atoms with Crippen LogP contribution in [0.4, 0.5) is 0 Å². The molecule has 0 fully saturated rings. The lowest BCUT2D eigenvalue weighted by atomic mass is 10.2. The van der Waals surface area contributed by atoms with Gasteiger partial charge in [-0.05, 0) is 24.6 Å². The van der Waals surface area contributed by atoms with Crippen LogP contribution in [0.5, 0.6) is 5.75 Å². The van der Waals surface area contributed by atoms with Crippen LogP contribution in [0.2, 0.25) is 0 Å². The summed E-state index contributed by atoms with van der Waals surface area (Å²) in [6, 6.07) is 5.37. The molecule has 1 aromatic rings. The SMILES string of the molecule is CCCCOc1cc(Br)cc(C=O)c1. The molecule has 0 aliphatic rings. The standard InChI is InChI=1S/C11H13BrO2/c1-2-3-4-14-11-6-9(8-13)5-10(12)7-11/h5-8H,2-4H2,1H3. The van der Waals surface area contributed by atoms with E-state index in [2.05, 4.69) is 22.9 Å². The minimum Gasteiger partial charge on any atom is -0.494 e. The summed E-state index contributed by atoms with van der Waals surface area (Å²) < 4.78 is 6.35. The molecule has 0 radical (unpaired) electrons. The maximum atomic E-state index is 10.6. The quantitative estimate of drug-likeness (QED) is 0.596. The number of unbranched alkanes of at least 4 members (excludes halogenated alkanes) is 1. The summed E-state index contributed by atoms with van der Waals surface area (Å²) in [4.78, 5) is 10.6. The second kappa shape index (κ2) is 5.81. The van der Waals surface area contributed by atoms with Crippen molar-refractivity contribution in [2.24, 2.45) is 0 Å². The Morgan fingerprint density at radius 2 is 2.21 bits per heavy atom. The Labute approximate surface area is 92.4 Å². The summed E-state index contributed by atoms with van der Waals surface area (Å²) >= 11 is 3.32. The number of rotatable bonds is 5. The number of carbonyl (C=O) groups is 1. The molecule has 0 aliphatic heterocycles. The molecule has 0 saturated heterocycles. The first-order valence-corrected chi connectivity index (χ1v) is 5.44. The second-order valence-corrected chi connectivity index (χ2v) is 3.96. The number of benzene rings is 1. The Kier molecular flexibility index (Phi) is 4.66. The minimum atomic E-state index is 0.630. The smallest absolute Gasteiger partial charge is 0.150 e. The van der Waals surface area contributed by atoms with Crippen molar-refractivity contribution >= 4 is 22.2 Å². The number of carbonyl (C=O) groups excluding carboxylic acids is 1. The molecule has 0 saturated carbocycles. The van der Waals surface area contributed by atoms with Crippen molar-refractivity contribution in [1.29, 1.82) is 0 Å². The maximum absolute atomic E-state index is 10.6. The van der Waals surface area contributed by atoms with Gasteiger partial charge in [0, 0.05) is 10.0 Å². The largest absolute Gasteiger partial charge is 0.494 e. The number of hydrogen-bond acceptors (Lipinski definition) is 2. The zero-order valence-corrected chi connectivity index (χ0v) is 9.71. The summed E-state index contributed by atoms with van der Waals surface area (Å²) in [5, 5.41) is 0. The fourth-order valence-electron chi connectivity index (χ4n) is 1.07. The van der Waals surface area contributed by atoms with Crippen molar-refractivity contribution in [3.8, 4) is 5.75 Å². The molecule has 0 bridgehead atoms. The van der Waals surface area contributed by atoms with E-state index in [-0.39, 0.29) is 0 Å². The van der Waals surface area contributed by atoms with E-state index in [1.54, 1.807) is 12.1 Å². The Bertz CT molecular complexity index is 310. The van der Waals surface area contributed by atoms with Crippen LogP contribution in [-0.4, -0.2) is 12.9 Å². The van der Waals surface area contributed by atoms with Gasteiger partial charge >= 0.3 is 0 Å². The van der Waals surface area contributed by atoms with Gasteiger partial charge in [-0.15, -0.1) is 0 Å². The van der Waals surface area contributed by atoms with Crippen LogP contribution in [0.3, 0.4) is 0 Å². The van der Waals surface area contributed by atoms with Gasteiger partial charge < -0.3 is 4.74 Å². The Morgan fingerprint density at radius 3 is 2.86 bits per heavy atom. The topological polar surface area (TPSA) is 26.3 Å². The highest BCUT2D eigenvalue weighted by atomic mass is 79.9. The molecule has 0 aliphatic carbocycles. The van der Waals surface area contributed by atoms with Gasteiger partial charge in [-0.25, -0.2) is 0 Å². The van der Waals surface area contributed by atoms with Crippen molar-refractivity contribution in [3.63, 3.8) is 0 Å². The van der Waals surface area contributed by atoms with E-state index in [0.717, 1.165) is 29.4 Å². The van der Waals surface area contributed by atoms with Crippen molar-refractivity contribution in [3.05, 3.63) is 28.2 Å². The molecule has 0 unspecified atom stereocenters. The molecule has 2 nitrogen and oxygen atoms in total. The average Bonchev–Trinajstić information content (AvgIpc) is 2.17. The third-order valence-electron chi connectivity index (χ3n) is 1.80. The van der Waals surface area contributed by atoms with E-state index in [4.69, 9.17) is 4.74 Å². The zero-order chi connectivity index (χ0) is 10.4. The Balaban J connectivity index is 2.66. The van der Waals surface area contributed by atoms with Gasteiger partial charge in [-0.3, -0.25) is 4.79 Å². The summed E-state index contributed by atoms with van der Waals surface area (Å²) in [5.41, 5.74) is 0.630. The third-order valence-corrected chi connectivity index (χ3v) is 2.25. The fourth-order valence-corrected chi connectivity index (χ4v) is 1.56. The van der Waals surface area contributed by atoms with Crippen LogP contribution in [0.15, 0.2) is 22.7 Å². The molecule has 0 aromatic heterocycles. The van der Waals surface area contributed by atoms with Gasteiger partial charge in [0.1, 0.15) is 12.0 Å². The highest BCUT2D eigenvalue weighted by Gasteiger charge is 1.99. The predicted molar refractivity (Wildman–Crippen MR) is 59.9 cm³/mol. The lowest BCUT2D eigenvalue weighted by molar-refractivity contribution is 0.112. The van der Waals surface area contributed by atoms with E-state index in [9.17, 15) is 4.79 Å².